The van der Waals surface area contributed by atoms with Gasteiger partial charge in [-0.2, -0.15) is 0 Å². The minimum absolute atomic E-state index is 0.220. The van der Waals surface area contributed by atoms with Gasteiger partial charge in [-0.3, -0.25) is 14.5 Å². The highest BCUT2D eigenvalue weighted by Gasteiger charge is 2.52. The Balaban J connectivity index is 1.50. The Morgan fingerprint density at radius 3 is 2.68 bits per heavy atom. The molecule has 2 heterocycles. The number of imide groups is 1. The first-order valence-corrected chi connectivity index (χ1v) is 10.8. The first-order valence-electron chi connectivity index (χ1n) is 10.8. The van der Waals surface area contributed by atoms with Crippen LogP contribution in [0.15, 0.2) is 30.3 Å². The van der Waals surface area contributed by atoms with Crippen molar-refractivity contribution in [3.05, 3.63) is 58.4 Å². The lowest BCUT2D eigenvalue weighted by Crippen LogP contribution is -2.51. The molecule has 0 unspecified atom stereocenters. The number of aromatic nitrogens is 1. The lowest BCUT2D eigenvalue weighted by molar-refractivity contribution is -0.131. The molecule has 3 amide bonds. The monoisotopic (exact) mass is 423 g/mol. The van der Waals surface area contributed by atoms with Crippen LogP contribution in [0.4, 0.5) is 4.79 Å². The molecule has 1 aromatic carbocycles. The van der Waals surface area contributed by atoms with Gasteiger partial charge < -0.3 is 14.6 Å². The van der Waals surface area contributed by atoms with Crippen LogP contribution in [0.5, 0.6) is 0 Å². The molecule has 0 radical (unpaired) electrons. The number of nitrogens with zero attached hydrogens (tertiary/aromatic N) is 2. The highest BCUT2D eigenvalue weighted by atomic mass is 16.5. The van der Waals surface area contributed by atoms with Gasteiger partial charge >= 0.3 is 6.03 Å². The zero-order valence-corrected chi connectivity index (χ0v) is 18.4. The highest BCUT2D eigenvalue weighted by Crippen LogP contribution is 2.33. The molecular weight excluding hydrogens is 394 g/mol. The van der Waals surface area contributed by atoms with Gasteiger partial charge in [-0.1, -0.05) is 24.3 Å². The first-order chi connectivity index (χ1) is 14.9. The molecule has 1 aromatic heterocycles. The van der Waals surface area contributed by atoms with Crippen LogP contribution < -0.4 is 5.32 Å². The van der Waals surface area contributed by atoms with Gasteiger partial charge in [0.25, 0.3) is 5.91 Å². The van der Waals surface area contributed by atoms with E-state index in [4.69, 9.17) is 4.74 Å². The summed E-state index contributed by atoms with van der Waals surface area (Å²) in [7, 11) is 1.67. The summed E-state index contributed by atoms with van der Waals surface area (Å²) in [4.78, 5) is 40.1. The predicted molar refractivity (Wildman–Crippen MR) is 116 cm³/mol. The molecule has 31 heavy (non-hydrogen) atoms. The van der Waals surface area contributed by atoms with Crippen molar-refractivity contribution >= 4 is 17.7 Å². The van der Waals surface area contributed by atoms with Gasteiger partial charge in [-0.15, -0.1) is 0 Å². The van der Waals surface area contributed by atoms with Crippen LogP contribution >= 0.6 is 0 Å². The van der Waals surface area contributed by atoms with Gasteiger partial charge in [0.15, 0.2) is 5.78 Å². The largest absolute Gasteiger partial charge is 0.385 e. The fraction of sp³-hybridized carbons (Fsp3) is 0.458. The predicted octanol–water partition coefficient (Wildman–Crippen LogP) is 2.80. The molecule has 1 atom stereocenters. The number of amides is 3. The van der Waals surface area contributed by atoms with E-state index in [0.717, 1.165) is 41.2 Å². The Hall–Kier alpha value is -2.93. The summed E-state index contributed by atoms with van der Waals surface area (Å²) in [5.41, 5.74) is 3.75. The van der Waals surface area contributed by atoms with Crippen LogP contribution in [-0.2, 0) is 28.9 Å². The number of benzene rings is 1. The summed E-state index contributed by atoms with van der Waals surface area (Å²) < 4.78 is 7.20. The minimum atomic E-state index is -0.942. The second-order valence-corrected chi connectivity index (χ2v) is 8.56. The topological polar surface area (TPSA) is 80.6 Å². The third kappa shape index (κ3) is 3.78. The van der Waals surface area contributed by atoms with Crippen molar-refractivity contribution < 1.29 is 19.1 Å². The molecule has 4 rings (SSSR count). The smallest absolute Gasteiger partial charge is 0.325 e. The maximum atomic E-state index is 13.3. The summed E-state index contributed by atoms with van der Waals surface area (Å²) in [5, 5.41) is 2.90. The summed E-state index contributed by atoms with van der Waals surface area (Å²) in [6, 6.07) is 9.36. The van der Waals surface area contributed by atoms with Gasteiger partial charge in [0.05, 0.1) is 6.54 Å². The molecule has 7 heteroatoms. The minimum Gasteiger partial charge on any atom is -0.385 e. The van der Waals surface area contributed by atoms with Gasteiger partial charge in [0, 0.05) is 43.6 Å². The number of ketones is 1. The number of carbonyl (C=O) groups is 3. The number of rotatable bonds is 7. The highest BCUT2D eigenvalue weighted by molar-refractivity contribution is 6.11. The number of urea groups is 1. The molecule has 2 aromatic rings. The molecule has 1 N–H and O–H groups in total. The fourth-order valence-electron chi connectivity index (χ4n) is 4.87. The quantitative estimate of drug-likeness (QED) is 0.422. The number of hydrogen-bond acceptors (Lipinski definition) is 4. The number of Topliss-reactive ketones (excluding diaryl/α,β-unsaturated/α-hetero) is 1. The fourth-order valence-corrected chi connectivity index (χ4v) is 4.87. The second-order valence-electron chi connectivity index (χ2n) is 8.56. The van der Waals surface area contributed by atoms with E-state index in [0.29, 0.717) is 25.0 Å². The molecule has 1 spiro atoms. The average Bonchev–Trinajstić information content (AvgIpc) is 3.16. The number of hydrogen-bond donors (Lipinski definition) is 1. The molecule has 2 aliphatic rings. The Kier molecular flexibility index (Phi) is 5.71. The van der Waals surface area contributed by atoms with Crippen LogP contribution in [0, 0.1) is 13.8 Å². The van der Waals surface area contributed by atoms with Gasteiger partial charge in [-0.25, -0.2) is 4.79 Å². The molecule has 7 nitrogen and oxygen atoms in total. The number of fused-ring (bicyclic) bond motifs is 1. The van der Waals surface area contributed by atoms with Crippen molar-refractivity contribution in [3.8, 4) is 0 Å². The zero-order chi connectivity index (χ0) is 22.2. The third-order valence-corrected chi connectivity index (χ3v) is 6.58. The van der Waals surface area contributed by atoms with Gasteiger partial charge in [-0.05, 0) is 50.3 Å². The van der Waals surface area contributed by atoms with E-state index in [9.17, 15) is 14.4 Å². The van der Waals surface area contributed by atoms with E-state index >= 15 is 0 Å². The molecular formula is C24H29N3O4. The van der Waals surface area contributed by atoms with E-state index in [1.54, 1.807) is 7.11 Å². The molecule has 164 valence electrons. The number of methoxy groups -OCH3 is 1. The lowest BCUT2D eigenvalue weighted by atomic mass is 9.78. The SMILES string of the molecule is COCCCn1c(C)cc(C(=O)CN2C(=O)N[C@@]3(CCc4ccccc4C3)C2=O)c1C. The molecule has 1 fully saturated rings. The van der Waals surface area contributed by atoms with Gasteiger partial charge in [0.1, 0.15) is 5.54 Å². The molecule has 0 bridgehead atoms. The van der Waals surface area contributed by atoms with E-state index in [1.807, 2.05) is 38.1 Å². The van der Waals surface area contributed by atoms with Crippen molar-refractivity contribution in [2.24, 2.45) is 0 Å². The van der Waals surface area contributed by atoms with Crippen LogP contribution in [0.3, 0.4) is 0 Å². The third-order valence-electron chi connectivity index (χ3n) is 6.58. The Morgan fingerprint density at radius 2 is 1.94 bits per heavy atom. The Labute approximate surface area is 182 Å². The Bertz CT molecular complexity index is 1040. The molecule has 1 saturated heterocycles. The summed E-state index contributed by atoms with van der Waals surface area (Å²) in [5.74, 6) is -0.517. The summed E-state index contributed by atoms with van der Waals surface area (Å²) >= 11 is 0. The first kappa shape index (κ1) is 21.3. The van der Waals surface area contributed by atoms with Crippen molar-refractivity contribution in [2.45, 2.75) is 51.6 Å². The maximum absolute atomic E-state index is 13.3. The van der Waals surface area contributed by atoms with Crippen LogP contribution in [0.25, 0.3) is 0 Å². The van der Waals surface area contributed by atoms with Crippen LogP contribution in [0.2, 0.25) is 0 Å². The maximum Gasteiger partial charge on any atom is 0.325 e. The average molecular weight is 424 g/mol. The number of aryl methyl sites for hydroxylation is 2. The molecule has 1 aliphatic carbocycles. The van der Waals surface area contributed by atoms with Crippen molar-refractivity contribution in [1.29, 1.82) is 0 Å². The number of nitrogens with one attached hydrogen (secondary N) is 1. The Morgan fingerprint density at radius 1 is 1.19 bits per heavy atom. The summed E-state index contributed by atoms with van der Waals surface area (Å²) in [6.07, 6.45) is 2.59. The lowest BCUT2D eigenvalue weighted by Gasteiger charge is -2.32. The van der Waals surface area contributed by atoms with Crippen molar-refractivity contribution in [3.63, 3.8) is 0 Å². The number of ether oxygens (including phenoxy) is 1. The standard InChI is InChI=1S/C24H29N3O4/c1-16-13-20(17(2)26(16)11-6-12-31-3)21(28)15-27-22(29)24(25-23(27)30)10-9-18-7-4-5-8-19(18)14-24/h4-5,7-8,13H,6,9-12,14-15H2,1-3H3,(H,25,30)/t24-/m1/s1. The van der Waals surface area contributed by atoms with Crippen LogP contribution in [0.1, 0.15) is 45.7 Å². The normalized spacial score (nSPS) is 20.3. The van der Waals surface area contributed by atoms with Gasteiger partial charge in [0.2, 0.25) is 0 Å². The van der Waals surface area contributed by atoms with Crippen molar-refractivity contribution in [2.75, 3.05) is 20.3 Å². The van der Waals surface area contributed by atoms with E-state index in [2.05, 4.69) is 16.0 Å². The second kappa shape index (κ2) is 8.30. The van der Waals surface area contributed by atoms with E-state index < -0.39 is 11.6 Å². The van der Waals surface area contributed by atoms with E-state index in [-0.39, 0.29) is 18.2 Å². The van der Waals surface area contributed by atoms with Crippen molar-refractivity contribution in [1.82, 2.24) is 14.8 Å². The molecule has 1 aliphatic heterocycles. The van der Waals surface area contributed by atoms with Crippen LogP contribution in [-0.4, -0.2) is 53.0 Å². The number of carbonyl (C=O) groups excluding carboxylic acids is 3. The zero-order valence-electron chi connectivity index (χ0n) is 18.4. The van der Waals surface area contributed by atoms with E-state index in [1.165, 1.54) is 5.56 Å². The molecule has 0 saturated carbocycles. The summed E-state index contributed by atoms with van der Waals surface area (Å²) in [6.45, 7) is 5.02.